The van der Waals surface area contributed by atoms with Gasteiger partial charge in [-0.05, 0) is 31.9 Å². The van der Waals surface area contributed by atoms with E-state index in [1.807, 2.05) is 21.8 Å². The Morgan fingerprint density at radius 2 is 2.39 bits per heavy atom. The Bertz CT molecular complexity index is 363. The molecule has 18 heavy (non-hydrogen) atoms. The quantitative estimate of drug-likeness (QED) is 0.781. The third-order valence-corrected chi connectivity index (χ3v) is 3.31. The number of nitrogens with zero attached hydrogens (tertiary/aromatic N) is 3. The predicted molar refractivity (Wildman–Crippen MR) is 70.1 cm³/mol. The summed E-state index contributed by atoms with van der Waals surface area (Å²) in [7, 11) is 0. The van der Waals surface area contributed by atoms with Crippen molar-refractivity contribution >= 4 is 5.91 Å². The number of hydrogen-bond donors (Lipinski definition) is 1. The van der Waals surface area contributed by atoms with Gasteiger partial charge in [0.15, 0.2) is 0 Å². The minimum absolute atomic E-state index is 0.0506. The normalized spacial score (nSPS) is 19.7. The molecule has 1 atom stereocenters. The number of likely N-dealkylation sites (tertiary alicyclic amines) is 1. The molecule has 1 fully saturated rings. The van der Waals surface area contributed by atoms with Crippen LogP contribution in [0.15, 0.2) is 18.5 Å². The van der Waals surface area contributed by atoms with E-state index in [0.717, 1.165) is 45.4 Å². The summed E-state index contributed by atoms with van der Waals surface area (Å²) in [5, 5.41) is 7.46. The second-order valence-corrected chi connectivity index (χ2v) is 4.74. The number of rotatable bonds is 7. The van der Waals surface area contributed by atoms with E-state index in [-0.39, 0.29) is 11.9 Å². The van der Waals surface area contributed by atoms with Crippen molar-refractivity contribution in [3.8, 4) is 0 Å². The molecular weight excluding hydrogens is 228 g/mol. The van der Waals surface area contributed by atoms with Gasteiger partial charge in [-0.15, -0.1) is 0 Å². The number of hydrogen-bond acceptors (Lipinski definition) is 3. The summed E-state index contributed by atoms with van der Waals surface area (Å²) in [5.41, 5.74) is 0. The van der Waals surface area contributed by atoms with Gasteiger partial charge >= 0.3 is 0 Å². The van der Waals surface area contributed by atoms with Crippen LogP contribution in [-0.2, 0) is 11.3 Å². The van der Waals surface area contributed by atoms with Crippen molar-refractivity contribution in [1.82, 2.24) is 20.0 Å². The number of aromatic nitrogens is 2. The van der Waals surface area contributed by atoms with Crippen LogP contribution in [-0.4, -0.2) is 46.3 Å². The van der Waals surface area contributed by atoms with Gasteiger partial charge in [0.25, 0.3) is 0 Å². The lowest BCUT2D eigenvalue weighted by molar-refractivity contribution is -0.129. The molecule has 1 aromatic heterocycles. The molecule has 0 aliphatic carbocycles. The van der Waals surface area contributed by atoms with Gasteiger partial charge in [0.2, 0.25) is 5.91 Å². The van der Waals surface area contributed by atoms with Gasteiger partial charge in [-0.25, -0.2) is 0 Å². The largest absolute Gasteiger partial charge is 0.341 e. The number of amides is 1. The first-order valence-corrected chi connectivity index (χ1v) is 6.81. The number of carbonyl (C=O) groups is 1. The minimum atomic E-state index is 0.0506. The predicted octanol–water partition coefficient (Wildman–Crippen LogP) is 0.874. The van der Waals surface area contributed by atoms with Crippen LogP contribution in [0.2, 0.25) is 0 Å². The van der Waals surface area contributed by atoms with Gasteiger partial charge in [-0.3, -0.25) is 9.48 Å². The minimum Gasteiger partial charge on any atom is -0.341 e. The van der Waals surface area contributed by atoms with Crippen LogP contribution in [0, 0.1) is 0 Å². The lowest BCUT2D eigenvalue weighted by Gasteiger charge is -2.17. The van der Waals surface area contributed by atoms with E-state index in [9.17, 15) is 4.79 Å². The van der Waals surface area contributed by atoms with Crippen molar-refractivity contribution in [1.29, 1.82) is 0 Å². The van der Waals surface area contributed by atoms with Gasteiger partial charge in [0.05, 0.1) is 6.04 Å². The fourth-order valence-corrected chi connectivity index (χ4v) is 2.33. The van der Waals surface area contributed by atoms with E-state index in [0.29, 0.717) is 0 Å². The summed E-state index contributed by atoms with van der Waals surface area (Å²) in [6.07, 6.45) is 6.72. The SMILES string of the molecule is CCCNC1CCN(CCCn2cccn2)C1=O. The molecule has 5 nitrogen and oxygen atoms in total. The third-order valence-electron chi connectivity index (χ3n) is 3.31. The zero-order valence-electron chi connectivity index (χ0n) is 11.0. The van der Waals surface area contributed by atoms with E-state index in [4.69, 9.17) is 0 Å². The third kappa shape index (κ3) is 3.32. The van der Waals surface area contributed by atoms with E-state index in [1.165, 1.54) is 0 Å². The Balaban J connectivity index is 1.69. The van der Waals surface area contributed by atoms with Gasteiger partial charge in [0.1, 0.15) is 0 Å². The zero-order chi connectivity index (χ0) is 12.8. The fourth-order valence-electron chi connectivity index (χ4n) is 2.33. The molecule has 2 heterocycles. The molecule has 1 aliphatic heterocycles. The maximum absolute atomic E-state index is 12.0. The lowest BCUT2D eigenvalue weighted by atomic mass is 10.2. The van der Waals surface area contributed by atoms with Crippen molar-refractivity contribution in [3.63, 3.8) is 0 Å². The van der Waals surface area contributed by atoms with E-state index in [1.54, 1.807) is 6.20 Å². The Morgan fingerprint density at radius 3 is 3.11 bits per heavy atom. The highest BCUT2D eigenvalue weighted by Gasteiger charge is 2.30. The number of carbonyl (C=O) groups excluding carboxylic acids is 1. The molecule has 2 rings (SSSR count). The highest BCUT2D eigenvalue weighted by Crippen LogP contribution is 2.11. The fraction of sp³-hybridized carbons (Fsp3) is 0.692. The highest BCUT2D eigenvalue weighted by molar-refractivity contribution is 5.83. The van der Waals surface area contributed by atoms with Crippen molar-refractivity contribution < 1.29 is 4.79 Å². The molecule has 0 aromatic carbocycles. The van der Waals surface area contributed by atoms with Crippen LogP contribution < -0.4 is 5.32 Å². The molecule has 0 radical (unpaired) electrons. The molecule has 5 heteroatoms. The van der Waals surface area contributed by atoms with Crippen molar-refractivity contribution in [2.75, 3.05) is 19.6 Å². The molecule has 1 saturated heterocycles. The summed E-state index contributed by atoms with van der Waals surface area (Å²) in [4.78, 5) is 14.0. The maximum Gasteiger partial charge on any atom is 0.239 e. The van der Waals surface area contributed by atoms with Crippen LogP contribution in [0.25, 0.3) is 0 Å². The molecule has 0 spiro atoms. The van der Waals surface area contributed by atoms with E-state index < -0.39 is 0 Å². The van der Waals surface area contributed by atoms with Gasteiger partial charge in [0, 0.05) is 32.0 Å². The number of nitrogens with one attached hydrogen (secondary N) is 1. The van der Waals surface area contributed by atoms with Crippen LogP contribution in [0.4, 0.5) is 0 Å². The Morgan fingerprint density at radius 1 is 1.50 bits per heavy atom. The molecule has 0 saturated carbocycles. The van der Waals surface area contributed by atoms with Gasteiger partial charge in [-0.2, -0.15) is 5.10 Å². The average molecular weight is 250 g/mol. The second kappa shape index (κ2) is 6.54. The molecule has 1 aliphatic rings. The van der Waals surface area contributed by atoms with Crippen LogP contribution in [0.1, 0.15) is 26.2 Å². The van der Waals surface area contributed by atoms with Crippen LogP contribution >= 0.6 is 0 Å². The Kier molecular flexibility index (Phi) is 4.75. The van der Waals surface area contributed by atoms with Crippen LogP contribution in [0.5, 0.6) is 0 Å². The first kappa shape index (κ1) is 13.1. The molecular formula is C13H22N4O. The summed E-state index contributed by atoms with van der Waals surface area (Å²) in [5.74, 6) is 0.268. The smallest absolute Gasteiger partial charge is 0.239 e. The monoisotopic (exact) mass is 250 g/mol. The Labute approximate surface area is 108 Å². The highest BCUT2D eigenvalue weighted by atomic mass is 16.2. The molecule has 1 unspecified atom stereocenters. The Hall–Kier alpha value is -1.36. The van der Waals surface area contributed by atoms with Crippen LogP contribution in [0.3, 0.4) is 0 Å². The average Bonchev–Trinajstić information content (AvgIpc) is 2.99. The summed E-state index contributed by atoms with van der Waals surface area (Å²) < 4.78 is 1.91. The molecule has 1 aromatic rings. The van der Waals surface area contributed by atoms with E-state index in [2.05, 4.69) is 17.3 Å². The van der Waals surface area contributed by atoms with E-state index >= 15 is 0 Å². The van der Waals surface area contributed by atoms with Crippen molar-refractivity contribution in [3.05, 3.63) is 18.5 Å². The zero-order valence-corrected chi connectivity index (χ0v) is 11.0. The van der Waals surface area contributed by atoms with Gasteiger partial charge in [-0.1, -0.05) is 6.92 Å². The first-order valence-electron chi connectivity index (χ1n) is 6.81. The standard InChI is InChI=1S/C13H22N4O/c1-2-6-14-12-5-11-16(13(12)18)8-4-10-17-9-3-7-15-17/h3,7,9,12,14H,2,4-6,8,10-11H2,1H3. The lowest BCUT2D eigenvalue weighted by Crippen LogP contribution is -2.39. The molecule has 100 valence electrons. The summed E-state index contributed by atoms with van der Waals surface area (Å²) >= 11 is 0. The maximum atomic E-state index is 12.0. The summed E-state index contributed by atoms with van der Waals surface area (Å²) in [6, 6.07) is 1.97. The molecule has 1 amide bonds. The van der Waals surface area contributed by atoms with Gasteiger partial charge < -0.3 is 10.2 Å². The second-order valence-electron chi connectivity index (χ2n) is 4.74. The van der Waals surface area contributed by atoms with Crippen molar-refractivity contribution in [2.24, 2.45) is 0 Å². The molecule has 0 bridgehead atoms. The first-order chi connectivity index (χ1) is 8.81. The molecule has 1 N–H and O–H groups in total. The number of aryl methyl sites for hydroxylation is 1. The topological polar surface area (TPSA) is 50.2 Å². The van der Waals surface area contributed by atoms with Crippen molar-refractivity contribution in [2.45, 2.75) is 38.8 Å². The summed E-state index contributed by atoms with van der Waals surface area (Å²) in [6.45, 7) is 5.65.